The predicted molar refractivity (Wildman–Crippen MR) is 106 cm³/mol. The summed E-state index contributed by atoms with van der Waals surface area (Å²) in [4.78, 5) is 23.8. The summed E-state index contributed by atoms with van der Waals surface area (Å²) in [6.45, 7) is 0. The third kappa shape index (κ3) is 3.69. The average molecular weight is 381 g/mol. The Morgan fingerprint density at radius 2 is 2.00 bits per heavy atom. The lowest BCUT2D eigenvalue weighted by Gasteiger charge is -2.23. The number of rotatable bonds is 3. The van der Waals surface area contributed by atoms with Crippen LogP contribution in [-0.4, -0.2) is 16.6 Å². The smallest absolute Gasteiger partial charge is 0.408 e. The van der Waals surface area contributed by atoms with E-state index in [4.69, 9.17) is 4.42 Å². The van der Waals surface area contributed by atoms with E-state index < -0.39 is 5.76 Å². The molecule has 0 spiro atoms. The number of allylic oxidation sites excluding steroid dienone is 1. The molecule has 4 rings (SSSR count). The molecule has 1 atom stereocenters. The second-order valence-electron chi connectivity index (χ2n) is 6.92. The van der Waals surface area contributed by atoms with Crippen LogP contribution in [0.2, 0.25) is 0 Å². The molecule has 1 unspecified atom stereocenters. The minimum atomic E-state index is -0.442. The third-order valence-electron chi connectivity index (χ3n) is 5.01. The molecule has 0 saturated carbocycles. The fourth-order valence-corrected chi connectivity index (χ4v) is 3.46. The molecule has 1 aliphatic carbocycles. The van der Waals surface area contributed by atoms with Crippen molar-refractivity contribution >= 4 is 28.4 Å². The van der Waals surface area contributed by atoms with E-state index in [1.54, 1.807) is 37.4 Å². The largest absolute Gasteiger partial charge is 0.419 e. The molecule has 7 heteroatoms. The molecule has 144 valence electrons. The fourth-order valence-electron chi connectivity index (χ4n) is 3.46. The van der Waals surface area contributed by atoms with Gasteiger partial charge in [0, 0.05) is 24.8 Å². The van der Waals surface area contributed by atoms with Crippen LogP contribution >= 0.6 is 0 Å². The number of carbonyl (C=O) groups excluding carboxylic acids is 1. The Kier molecular flexibility index (Phi) is 4.73. The average Bonchev–Trinajstić information content (AvgIpc) is 2.96. The number of halogens is 1. The van der Waals surface area contributed by atoms with Gasteiger partial charge in [0.1, 0.15) is 5.82 Å². The summed E-state index contributed by atoms with van der Waals surface area (Å²) in [7, 11) is 1.63. The highest BCUT2D eigenvalue weighted by atomic mass is 19.1. The van der Waals surface area contributed by atoms with Crippen molar-refractivity contribution in [2.75, 3.05) is 5.32 Å². The number of hydrogen-bond donors (Lipinski definition) is 2. The molecule has 0 radical (unpaired) electrons. The summed E-state index contributed by atoms with van der Waals surface area (Å²) in [5.41, 5.74) is 3.83. The normalized spacial score (nSPS) is 16.6. The van der Waals surface area contributed by atoms with Crippen LogP contribution in [0.25, 0.3) is 16.7 Å². The van der Waals surface area contributed by atoms with Crippen molar-refractivity contribution in [2.24, 2.45) is 7.05 Å². The Labute approximate surface area is 160 Å². The Bertz CT molecular complexity index is 1110. The third-order valence-corrected chi connectivity index (χ3v) is 5.01. The van der Waals surface area contributed by atoms with Gasteiger partial charge in [-0.05, 0) is 54.7 Å². The van der Waals surface area contributed by atoms with Crippen molar-refractivity contribution < 1.29 is 13.6 Å². The second-order valence-corrected chi connectivity index (χ2v) is 6.92. The van der Waals surface area contributed by atoms with Crippen LogP contribution in [-0.2, 0) is 7.05 Å². The maximum absolute atomic E-state index is 13.0. The number of fused-ring (bicyclic) bond motifs is 1. The number of amides is 2. The lowest BCUT2D eigenvalue weighted by atomic mass is 9.91. The monoisotopic (exact) mass is 381 g/mol. The van der Waals surface area contributed by atoms with Gasteiger partial charge in [0.2, 0.25) is 0 Å². The lowest BCUT2D eigenvalue weighted by Crippen LogP contribution is -2.38. The highest BCUT2D eigenvalue weighted by Crippen LogP contribution is 2.27. The summed E-state index contributed by atoms with van der Waals surface area (Å²) in [5.74, 6) is -0.688. The standard InChI is InChI=1S/C21H20FN3O3/c1-25-18-11-10-17(12-19(18)28-21(25)27)24-20(26)23-16-8-4-14(5-9-16)13-2-6-15(22)7-3-13/h2-4,6-7,10-12,16H,5,8-9H2,1H3,(H2,23,24,26). The van der Waals surface area contributed by atoms with Crippen LogP contribution in [0.3, 0.4) is 0 Å². The zero-order valence-corrected chi connectivity index (χ0v) is 15.4. The number of nitrogens with zero attached hydrogens (tertiary/aromatic N) is 1. The summed E-state index contributed by atoms with van der Waals surface area (Å²) in [6.07, 6.45) is 4.43. The molecule has 0 fully saturated rings. The molecule has 2 N–H and O–H groups in total. The number of carbonyl (C=O) groups is 1. The number of aryl methyl sites for hydroxylation is 1. The summed E-state index contributed by atoms with van der Waals surface area (Å²) in [6, 6.07) is 11.3. The molecule has 3 aromatic rings. The van der Waals surface area contributed by atoms with Gasteiger partial charge in [-0.2, -0.15) is 0 Å². The molecule has 1 aromatic heterocycles. The maximum atomic E-state index is 13.0. The summed E-state index contributed by atoms with van der Waals surface area (Å²) >= 11 is 0. The first kappa shape index (κ1) is 18.0. The first-order valence-corrected chi connectivity index (χ1v) is 9.11. The number of anilines is 1. The fraction of sp³-hybridized carbons (Fsp3) is 0.238. The number of hydrogen-bond acceptors (Lipinski definition) is 3. The van der Waals surface area contributed by atoms with E-state index in [0.717, 1.165) is 18.4 Å². The molecule has 0 saturated heterocycles. The Balaban J connectivity index is 1.37. The molecule has 1 aliphatic rings. The van der Waals surface area contributed by atoms with Crippen molar-refractivity contribution in [3.63, 3.8) is 0 Å². The van der Waals surface area contributed by atoms with Crippen molar-refractivity contribution in [1.29, 1.82) is 0 Å². The summed E-state index contributed by atoms with van der Waals surface area (Å²) < 4.78 is 19.6. The Morgan fingerprint density at radius 3 is 2.71 bits per heavy atom. The molecule has 0 aliphatic heterocycles. The van der Waals surface area contributed by atoms with Gasteiger partial charge < -0.3 is 15.1 Å². The van der Waals surface area contributed by atoms with Gasteiger partial charge in [-0.3, -0.25) is 4.57 Å². The molecule has 2 amide bonds. The molecule has 0 bridgehead atoms. The highest BCUT2D eigenvalue weighted by Gasteiger charge is 2.18. The number of benzene rings is 2. The van der Waals surface area contributed by atoms with E-state index in [1.165, 1.54) is 22.3 Å². The van der Waals surface area contributed by atoms with Crippen molar-refractivity contribution in [3.05, 3.63) is 70.5 Å². The number of aromatic nitrogens is 1. The van der Waals surface area contributed by atoms with Gasteiger partial charge in [0.05, 0.1) is 5.52 Å². The topological polar surface area (TPSA) is 76.3 Å². The SMILES string of the molecule is Cn1c(=O)oc2cc(NC(=O)NC3CC=C(c4ccc(F)cc4)CC3)ccc21. The van der Waals surface area contributed by atoms with E-state index in [0.29, 0.717) is 23.2 Å². The molecule has 28 heavy (non-hydrogen) atoms. The zero-order chi connectivity index (χ0) is 19.7. The first-order valence-electron chi connectivity index (χ1n) is 9.11. The van der Waals surface area contributed by atoms with Gasteiger partial charge in [0.15, 0.2) is 5.58 Å². The molecule has 1 heterocycles. The van der Waals surface area contributed by atoms with Crippen LogP contribution in [0.5, 0.6) is 0 Å². The van der Waals surface area contributed by atoms with Gasteiger partial charge in [0.25, 0.3) is 0 Å². The van der Waals surface area contributed by atoms with Crippen molar-refractivity contribution in [1.82, 2.24) is 9.88 Å². The number of nitrogens with one attached hydrogen (secondary N) is 2. The van der Waals surface area contributed by atoms with E-state index in [1.807, 2.05) is 0 Å². The lowest BCUT2D eigenvalue weighted by molar-refractivity contribution is 0.247. The molecule has 6 nitrogen and oxygen atoms in total. The Hall–Kier alpha value is -3.35. The summed E-state index contributed by atoms with van der Waals surface area (Å²) in [5, 5.41) is 5.74. The molecular formula is C21H20FN3O3. The van der Waals surface area contributed by atoms with E-state index in [2.05, 4.69) is 16.7 Å². The number of oxazole rings is 1. The van der Waals surface area contributed by atoms with Gasteiger partial charge in [-0.1, -0.05) is 18.2 Å². The Morgan fingerprint density at radius 1 is 1.21 bits per heavy atom. The van der Waals surface area contributed by atoms with Gasteiger partial charge in [-0.15, -0.1) is 0 Å². The van der Waals surface area contributed by atoms with E-state index in [9.17, 15) is 14.0 Å². The van der Waals surface area contributed by atoms with E-state index >= 15 is 0 Å². The molecule has 2 aromatic carbocycles. The first-order chi connectivity index (χ1) is 13.5. The van der Waals surface area contributed by atoms with Crippen molar-refractivity contribution in [2.45, 2.75) is 25.3 Å². The highest BCUT2D eigenvalue weighted by molar-refractivity contribution is 5.91. The van der Waals surface area contributed by atoms with Crippen LogP contribution in [0.4, 0.5) is 14.9 Å². The van der Waals surface area contributed by atoms with Crippen LogP contribution < -0.4 is 16.4 Å². The van der Waals surface area contributed by atoms with Crippen LogP contribution in [0, 0.1) is 5.82 Å². The minimum absolute atomic E-state index is 0.0302. The quantitative estimate of drug-likeness (QED) is 0.719. The van der Waals surface area contributed by atoms with Crippen LogP contribution in [0.15, 0.2) is 57.8 Å². The zero-order valence-electron chi connectivity index (χ0n) is 15.4. The van der Waals surface area contributed by atoms with Gasteiger partial charge in [-0.25, -0.2) is 14.0 Å². The second kappa shape index (κ2) is 7.34. The molecular weight excluding hydrogens is 361 g/mol. The van der Waals surface area contributed by atoms with E-state index in [-0.39, 0.29) is 17.9 Å². The van der Waals surface area contributed by atoms with Gasteiger partial charge >= 0.3 is 11.8 Å². The number of urea groups is 1. The maximum Gasteiger partial charge on any atom is 0.419 e. The van der Waals surface area contributed by atoms with Crippen LogP contribution in [0.1, 0.15) is 24.8 Å². The van der Waals surface area contributed by atoms with Crippen molar-refractivity contribution in [3.8, 4) is 0 Å². The minimum Gasteiger partial charge on any atom is -0.408 e. The predicted octanol–water partition coefficient (Wildman–Crippen LogP) is 4.03.